The summed E-state index contributed by atoms with van der Waals surface area (Å²) in [5.74, 6) is 2.02. The smallest absolute Gasteiger partial charge is 0.162 e. The summed E-state index contributed by atoms with van der Waals surface area (Å²) >= 11 is 0. The zero-order chi connectivity index (χ0) is 12.5. The second-order valence-electron chi connectivity index (χ2n) is 5.70. The van der Waals surface area contributed by atoms with Crippen LogP contribution >= 0.6 is 0 Å². The number of benzene rings is 1. The first-order chi connectivity index (χ1) is 8.78. The van der Waals surface area contributed by atoms with Crippen molar-refractivity contribution in [1.82, 2.24) is 0 Å². The van der Waals surface area contributed by atoms with Crippen LogP contribution in [0.3, 0.4) is 0 Å². The first-order valence-electron chi connectivity index (χ1n) is 7.17. The van der Waals surface area contributed by atoms with Gasteiger partial charge in [-0.25, -0.2) is 0 Å². The van der Waals surface area contributed by atoms with E-state index in [1.54, 1.807) is 0 Å². The number of rotatable bonds is 6. The van der Waals surface area contributed by atoms with Crippen molar-refractivity contribution in [2.24, 2.45) is 11.8 Å². The molecule has 0 atom stereocenters. The molecule has 0 spiro atoms. The van der Waals surface area contributed by atoms with Crippen molar-refractivity contribution in [3.8, 4) is 0 Å². The molecule has 1 aromatic rings. The number of hydrogen-bond donors (Lipinski definition) is 1. The summed E-state index contributed by atoms with van der Waals surface area (Å²) in [5, 5.41) is 3.68. The molecular formula is C16H21NO. The van der Waals surface area contributed by atoms with E-state index in [4.69, 9.17) is 0 Å². The summed E-state index contributed by atoms with van der Waals surface area (Å²) in [6.07, 6.45) is 6.14. The van der Waals surface area contributed by atoms with Gasteiger partial charge < -0.3 is 5.32 Å². The summed E-state index contributed by atoms with van der Waals surface area (Å²) in [7, 11) is 0. The maximum Gasteiger partial charge on any atom is 0.162 e. The Balaban J connectivity index is 1.66. The average Bonchev–Trinajstić information content (AvgIpc) is 3.29. The van der Waals surface area contributed by atoms with Gasteiger partial charge in [0.1, 0.15) is 0 Å². The number of ketones is 1. The molecule has 1 aromatic carbocycles. The van der Waals surface area contributed by atoms with Crippen molar-refractivity contribution in [3.05, 3.63) is 29.8 Å². The number of carbonyl (C=O) groups is 1. The van der Waals surface area contributed by atoms with Gasteiger partial charge in [-0.3, -0.25) is 4.79 Å². The van der Waals surface area contributed by atoms with Crippen LogP contribution in [-0.2, 0) is 0 Å². The minimum absolute atomic E-state index is 0.225. The maximum absolute atomic E-state index is 11.6. The molecule has 0 saturated heterocycles. The zero-order valence-electron chi connectivity index (χ0n) is 11.0. The molecule has 1 N–H and O–H groups in total. The Morgan fingerprint density at radius 2 is 1.72 bits per heavy atom. The van der Waals surface area contributed by atoms with Crippen molar-refractivity contribution in [3.63, 3.8) is 0 Å². The first kappa shape index (κ1) is 11.8. The van der Waals surface area contributed by atoms with E-state index in [1.165, 1.54) is 31.4 Å². The summed E-state index contributed by atoms with van der Waals surface area (Å²) in [5.41, 5.74) is 2.00. The van der Waals surface area contributed by atoms with Crippen LogP contribution in [0.4, 0.5) is 5.69 Å². The van der Waals surface area contributed by atoms with Crippen LogP contribution in [0.5, 0.6) is 0 Å². The summed E-state index contributed by atoms with van der Waals surface area (Å²) in [6.45, 7) is 1.91. The number of hydrogen-bond acceptors (Lipinski definition) is 2. The lowest BCUT2D eigenvalue weighted by Crippen LogP contribution is -2.24. The second-order valence-corrected chi connectivity index (χ2v) is 5.70. The van der Waals surface area contributed by atoms with E-state index < -0.39 is 0 Å². The number of nitrogens with one attached hydrogen (secondary N) is 1. The summed E-state index contributed by atoms with van der Waals surface area (Å²) in [4.78, 5) is 11.6. The molecule has 3 rings (SSSR count). The average molecular weight is 243 g/mol. The predicted molar refractivity (Wildman–Crippen MR) is 73.9 cm³/mol. The summed E-state index contributed by atoms with van der Waals surface area (Å²) < 4.78 is 0. The van der Waals surface area contributed by atoms with Crippen LogP contribution in [0.15, 0.2) is 24.3 Å². The van der Waals surface area contributed by atoms with Crippen LogP contribution < -0.4 is 5.32 Å². The topological polar surface area (TPSA) is 29.1 Å². The van der Waals surface area contributed by atoms with Crippen LogP contribution in [0, 0.1) is 11.8 Å². The van der Waals surface area contributed by atoms with Crippen molar-refractivity contribution in [2.45, 2.75) is 45.1 Å². The fraction of sp³-hybridized carbons (Fsp3) is 0.562. The van der Waals surface area contributed by atoms with E-state index >= 15 is 0 Å². The predicted octanol–water partition coefficient (Wildman–Crippen LogP) is 3.88. The minimum atomic E-state index is 0.225. The Morgan fingerprint density at radius 3 is 2.17 bits per heavy atom. The molecule has 96 valence electrons. The highest BCUT2D eigenvalue weighted by molar-refractivity contribution is 5.96. The molecule has 0 bridgehead atoms. The van der Waals surface area contributed by atoms with E-state index in [0.29, 0.717) is 12.5 Å². The molecule has 0 aromatic heterocycles. The van der Waals surface area contributed by atoms with E-state index in [2.05, 4.69) is 17.4 Å². The van der Waals surface area contributed by atoms with Crippen LogP contribution in [0.25, 0.3) is 0 Å². The third kappa shape index (κ3) is 2.58. The van der Waals surface area contributed by atoms with Crippen molar-refractivity contribution < 1.29 is 4.79 Å². The number of Topliss-reactive ketones (excluding diaryl/α,β-unsaturated/α-hetero) is 1. The highest BCUT2D eigenvalue weighted by Gasteiger charge is 2.41. The van der Waals surface area contributed by atoms with E-state index in [9.17, 15) is 4.79 Å². The Morgan fingerprint density at radius 1 is 1.17 bits per heavy atom. The zero-order valence-corrected chi connectivity index (χ0v) is 11.0. The van der Waals surface area contributed by atoms with Gasteiger partial charge in [-0.2, -0.15) is 0 Å². The lowest BCUT2D eigenvalue weighted by Gasteiger charge is -2.19. The highest BCUT2D eigenvalue weighted by Crippen LogP contribution is 2.45. The molecule has 0 unspecified atom stereocenters. The standard InChI is InChI=1S/C16H21NO/c1-2-15(18)11-7-9-14(10-8-11)17-16(12-3-4-12)13-5-6-13/h7-10,12-13,16-17H,2-6H2,1H3. The molecule has 0 amide bonds. The van der Waals surface area contributed by atoms with Gasteiger partial charge >= 0.3 is 0 Å². The van der Waals surface area contributed by atoms with Gasteiger partial charge in [0, 0.05) is 23.7 Å². The number of carbonyl (C=O) groups excluding carboxylic acids is 1. The molecule has 0 heterocycles. The molecule has 2 aliphatic carbocycles. The monoisotopic (exact) mass is 243 g/mol. The fourth-order valence-electron chi connectivity index (χ4n) is 2.68. The minimum Gasteiger partial charge on any atom is -0.382 e. The Labute approximate surface area is 109 Å². The molecule has 2 aliphatic rings. The largest absolute Gasteiger partial charge is 0.382 e. The molecule has 2 heteroatoms. The van der Waals surface area contributed by atoms with Gasteiger partial charge in [0.25, 0.3) is 0 Å². The third-order valence-corrected chi connectivity index (χ3v) is 4.12. The fourth-order valence-corrected chi connectivity index (χ4v) is 2.68. The first-order valence-corrected chi connectivity index (χ1v) is 7.17. The van der Waals surface area contributed by atoms with Gasteiger partial charge in [0.05, 0.1) is 0 Å². The molecule has 2 saturated carbocycles. The van der Waals surface area contributed by atoms with Crippen molar-refractivity contribution in [2.75, 3.05) is 5.32 Å². The Bertz CT molecular complexity index is 417. The Hall–Kier alpha value is -1.31. The lowest BCUT2D eigenvalue weighted by atomic mass is 10.1. The van der Waals surface area contributed by atoms with Crippen LogP contribution in [-0.4, -0.2) is 11.8 Å². The normalized spacial score (nSPS) is 19.0. The molecule has 0 radical (unpaired) electrons. The van der Waals surface area contributed by atoms with E-state index in [0.717, 1.165) is 17.4 Å². The number of anilines is 1. The molecular weight excluding hydrogens is 222 g/mol. The van der Waals surface area contributed by atoms with Gasteiger partial charge in [-0.05, 0) is 61.8 Å². The van der Waals surface area contributed by atoms with Gasteiger partial charge in [0.2, 0.25) is 0 Å². The molecule has 2 nitrogen and oxygen atoms in total. The summed E-state index contributed by atoms with van der Waals surface area (Å²) in [6, 6.07) is 8.69. The van der Waals surface area contributed by atoms with Gasteiger partial charge in [-0.15, -0.1) is 0 Å². The third-order valence-electron chi connectivity index (χ3n) is 4.12. The molecule has 0 aliphatic heterocycles. The van der Waals surface area contributed by atoms with Crippen LogP contribution in [0.2, 0.25) is 0 Å². The Kier molecular flexibility index (Phi) is 3.11. The van der Waals surface area contributed by atoms with Crippen LogP contribution in [0.1, 0.15) is 49.4 Å². The van der Waals surface area contributed by atoms with Crippen molar-refractivity contribution >= 4 is 11.5 Å². The molecule has 2 fully saturated rings. The van der Waals surface area contributed by atoms with Gasteiger partial charge in [0.15, 0.2) is 5.78 Å². The van der Waals surface area contributed by atoms with Crippen molar-refractivity contribution in [1.29, 1.82) is 0 Å². The lowest BCUT2D eigenvalue weighted by molar-refractivity contribution is 0.0988. The van der Waals surface area contributed by atoms with E-state index in [1.807, 2.05) is 19.1 Å². The highest BCUT2D eigenvalue weighted by atomic mass is 16.1. The quantitative estimate of drug-likeness (QED) is 0.768. The second kappa shape index (κ2) is 4.75. The van der Waals surface area contributed by atoms with E-state index in [-0.39, 0.29) is 5.78 Å². The van der Waals surface area contributed by atoms with Gasteiger partial charge in [-0.1, -0.05) is 6.92 Å². The molecule has 18 heavy (non-hydrogen) atoms. The maximum atomic E-state index is 11.6. The SMILES string of the molecule is CCC(=O)c1ccc(NC(C2CC2)C2CC2)cc1.